The van der Waals surface area contributed by atoms with Crippen molar-refractivity contribution in [2.45, 2.75) is 44.8 Å². The molecule has 116 valence electrons. The lowest BCUT2D eigenvalue weighted by molar-refractivity contribution is -0.125. The first-order valence-corrected chi connectivity index (χ1v) is 7.94. The van der Waals surface area contributed by atoms with E-state index in [2.05, 4.69) is 17.1 Å². The molecule has 1 fully saturated rings. The Morgan fingerprint density at radius 2 is 2.19 bits per heavy atom. The van der Waals surface area contributed by atoms with Gasteiger partial charge < -0.3 is 10.4 Å². The number of likely N-dealkylation sites (tertiary alicyclic amines) is 1. The van der Waals surface area contributed by atoms with Crippen molar-refractivity contribution in [2.24, 2.45) is 0 Å². The molecule has 0 radical (unpaired) electrons. The Morgan fingerprint density at radius 1 is 1.43 bits per heavy atom. The highest BCUT2D eigenvalue weighted by Gasteiger charge is 2.29. The van der Waals surface area contributed by atoms with Crippen molar-refractivity contribution in [3.63, 3.8) is 0 Å². The Balaban J connectivity index is 1.75. The Labute approximate surface area is 127 Å². The lowest BCUT2D eigenvalue weighted by Crippen LogP contribution is -2.45. The number of carbonyl (C=O) groups excluding carboxylic acids is 1. The van der Waals surface area contributed by atoms with Crippen molar-refractivity contribution < 1.29 is 9.90 Å². The third-order valence-corrected chi connectivity index (χ3v) is 4.00. The molecule has 1 aliphatic rings. The summed E-state index contributed by atoms with van der Waals surface area (Å²) >= 11 is 0. The van der Waals surface area contributed by atoms with Crippen molar-refractivity contribution in [3.05, 3.63) is 35.9 Å². The van der Waals surface area contributed by atoms with Gasteiger partial charge >= 0.3 is 0 Å². The van der Waals surface area contributed by atoms with Crippen LogP contribution >= 0.6 is 0 Å². The van der Waals surface area contributed by atoms with Crippen LogP contribution in [0.1, 0.15) is 31.7 Å². The van der Waals surface area contributed by atoms with Crippen LogP contribution in [0.4, 0.5) is 0 Å². The van der Waals surface area contributed by atoms with Crippen LogP contribution < -0.4 is 5.32 Å². The third-order valence-electron chi connectivity index (χ3n) is 4.00. The lowest BCUT2D eigenvalue weighted by Gasteiger charge is -2.23. The van der Waals surface area contributed by atoms with E-state index < -0.39 is 6.10 Å². The maximum Gasteiger partial charge on any atom is 0.237 e. The molecule has 0 aliphatic carbocycles. The molecule has 1 heterocycles. The van der Waals surface area contributed by atoms with E-state index in [1.54, 1.807) is 0 Å². The zero-order chi connectivity index (χ0) is 15.1. The summed E-state index contributed by atoms with van der Waals surface area (Å²) in [4.78, 5) is 14.5. The lowest BCUT2D eigenvalue weighted by atomic mass is 10.1. The summed E-state index contributed by atoms with van der Waals surface area (Å²) in [6, 6.07) is 9.86. The third kappa shape index (κ3) is 4.83. The van der Waals surface area contributed by atoms with Crippen molar-refractivity contribution in [1.82, 2.24) is 10.2 Å². The van der Waals surface area contributed by atoms with Crippen LogP contribution in [0.2, 0.25) is 0 Å². The molecule has 1 aromatic carbocycles. The van der Waals surface area contributed by atoms with Crippen LogP contribution in [0.25, 0.3) is 0 Å². The molecule has 0 bridgehead atoms. The van der Waals surface area contributed by atoms with Gasteiger partial charge in [-0.25, -0.2) is 0 Å². The van der Waals surface area contributed by atoms with Crippen LogP contribution in [0.15, 0.2) is 30.3 Å². The molecule has 2 N–H and O–H groups in total. The first-order valence-electron chi connectivity index (χ1n) is 7.94. The van der Waals surface area contributed by atoms with Crippen molar-refractivity contribution in [3.8, 4) is 0 Å². The number of amides is 1. The van der Waals surface area contributed by atoms with Gasteiger partial charge in [-0.2, -0.15) is 0 Å². The predicted octanol–water partition coefficient (Wildman–Crippen LogP) is 1.58. The average Bonchev–Trinajstić information content (AvgIpc) is 2.95. The molecule has 0 aromatic heterocycles. The second-order valence-electron chi connectivity index (χ2n) is 5.78. The molecule has 4 heteroatoms. The summed E-state index contributed by atoms with van der Waals surface area (Å²) < 4.78 is 0. The number of carbonyl (C=O) groups is 1. The van der Waals surface area contributed by atoms with Gasteiger partial charge in [0, 0.05) is 13.0 Å². The topological polar surface area (TPSA) is 52.6 Å². The molecule has 1 saturated heterocycles. The first kappa shape index (κ1) is 16.0. The molecule has 0 unspecified atom stereocenters. The van der Waals surface area contributed by atoms with E-state index in [4.69, 9.17) is 0 Å². The molecule has 21 heavy (non-hydrogen) atoms. The summed E-state index contributed by atoms with van der Waals surface area (Å²) in [5.41, 5.74) is 1.09. The Morgan fingerprint density at radius 3 is 2.90 bits per heavy atom. The van der Waals surface area contributed by atoms with Crippen LogP contribution in [-0.4, -0.2) is 47.7 Å². The van der Waals surface area contributed by atoms with E-state index in [1.165, 1.54) is 0 Å². The van der Waals surface area contributed by atoms with E-state index in [0.717, 1.165) is 37.9 Å². The molecule has 4 nitrogen and oxygen atoms in total. The smallest absolute Gasteiger partial charge is 0.237 e. The maximum absolute atomic E-state index is 12.2. The number of nitrogens with one attached hydrogen (secondary N) is 1. The highest BCUT2D eigenvalue weighted by Crippen LogP contribution is 2.17. The van der Waals surface area contributed by atoms with E-state index >= 15 is 0 Å². The Bertz CT molecular complexity index is 436. The summed E-state index contributed by atoms with van der Waals surface area (Å²) in [7, 11) is 0. The summed E-state index contributed by atoms with van der Waals surface area (Å²) in [6.07, 6.45) is 3.13. The number of hydrogen-bond acceptors (Lipinski definition) is 3. The highest BCUT2D eigenvalue weighted by molar-refractivity contribution is 5.82. The van der Waals surface area contributed by atoms with E-state index in [1.807, 2.05) is 30.3 Å². The minimum absolute atomic E-state index is 0.00567. The zero-order valence-corrected chi connectivity index (χ0v) is 12.8. The summed E-state index contributed by atoms with van der Waals surface area (Å²) in [6.45, 7) is 4.45. The highest BCUT2D eigenvalue weighted by atomic mass is 16.3. The molecular formula is C17H26N2O2. The zero-order valence-electron chi connectivity index (χ0n) is 12.8. The van der Waals surface area contributed by atoms with Gasteiger partial charge in [0.2, 0.25) is 5.91 Å². The van der Waals surface area contributed by atoms with Gasteiger partial charge in [-0.15, -0.1) is 0 Å². The molecule has 1 amide bonds. The number of benzene rings is 1. The van der Waals surface area contributed by atoms with E-state index in [0.29, 0.717) is 13.0 Å². The standard InChI is InChI=1S/C17H26N2O2/c1-2-10-19-11-6-9-16(19)17(21)18-13-15(20)12-14-7-4-3-5-8-14/h3-5,7-8,15-16,20H,2,6,9-13H2,1H3,(H,18,21)/t15-,16+/m1/s1. The van der Waals surface area contributed by atoms with Gasteiger partial charge in [0.05, 0.1) is 12.1 Å². The summed E-state index contributed by atoms with van der Waals surface area (Å²) in [5, 5.41) is 12.9. The van der Waals surface area contributed by atoms with E-state index in [-0.39, 0.29) is 11.9 Å². The fourth-order valence-corrected chi connectivity index (χ4v) is 2.97. The number of nitrogens with zero attached hydrogens (tertiary/aromatic N) is 1. The van der Waals surface area contributed by atoms with Crippen molar-refractivity contribution in [1.29, 1.82) is 0 Å². The van der Waals surface area contributed by atoms with Crippen molar-refractivity contribution in [2.75, 3.05) is 19.6 Å². The fourth-order valence-electron chi connectivity index (χ4n) is 2.97. The SMILES string of the molecule is CCCN1CCC[C@H]1C(=O)NC[C@H](O)Cc1ccccc1. The van der Waals surface area contributed by atoms with Gasteiger partial charge in [-0.3, -0.25) is 9.69 Å². The monoisotopic (exact) mass is 290 g/mol. The Kier molecular flexibility index (Phi) is 6.21. The van der Waals surface area contributed by atoms with E-state index in [9.17, 15) is 9.90 Å². The predicted molar refractivity (Wildman–Crippen MR) is 84.0 cm³/mol. The van der Waals surface area contributed by atoms with Gasteiger partial charge in [0.15, 0.2) is 0 Å². The van der Waals surface area contributed by atoms with Gasteiger partial charge in [0.1, 0.15) is 0 Å². The minimum Gasteiger partial charge on any atom is -0.391 e. The number of aliphatic hydroxyl groups excluding tert-OH is 1. The normalized spacial score (nSPS) is 20.4. The van der Waals surface area contributed by atoms with Gasteiger partial charge in [0.25, 0.3) is 0 Å². The molecule has 2 rings (SSSR count). The number of rotatable bonds is 7. The first-order chi connectivity index (χ1) is 10.2. The molecule has 0 spiro atoms. The molecule has 2 atom stereocenters. The molecule has 1 aliphatic heterocycles. The van der Waals surface area contributed by atoms with Crippen LogP contribution in [-0.2, 0) is 11.2 Å². The summed E-state index contributed by atoms with van der Waals surface area (Å²) in [5.74, 6) is 0.0630. The average molecular weight is 290 g/mol. The second-order valence-corrected chi connectivity index (χ2v) is 5.78. The molecule has 1 aromatic rings. The molecular weight excluding hydrogens is 264 g/mol. The van der Waals surface area contributed by atoms with Crippen LogP contribution in [0, 0.1) is 0 Å². The fraction of sp³-hybridized carbons (Fsp3) is 0.588. The molecule has 0 saturated carbocycles. The Hall–Kier alpha value is -1.39. The van der Waals surface area contributed by atoms with Gasteiger partial charge in [-0.05, 0) is 37.9 Å². The maximum atomic E-state index is 12.2. The number of hydrogen-bond donors (Lipinski definition) is 2. The number of aliphatic hydroxyl groups is 1. The van der Waals surface area contributed by atoms with Crippen LogP contribution in [0.3, 0.4) is 0 Å². The van der Waals surface area contributed by atoms with Crippen molar-refractivity contribution >= 4 is 5.91 Å². The largest absolute Gasteiger partial charge is 0.391 e. The minimum atomic E-state index is -0.530. The van der Waals surface area contributed by atoms with Gasteiger partial charge in [-0.1, -0.05) is 37.3 Å². The van der Waals surface area contributed by atoms with Crippen LogP contribution in [0.5, 0.6) is 0 Å². The quantitative estimate of drug-likeness (QED) is 0.801. The second kappa shape index (κ2) is 8.15.